The van der Waals surface area contributed by atoms with Gasteiger partial charge in [-0.25, -0.2) is 4.79 Å². The van der Waals surface area contributed by atoms with Crippen molar-refractivity contribution in [2.45, 2.75) is 32.4 Å². The Balaban J connectivity index is 2.75. The van der Waals surface area contributed by atoms with E-state index in [0.29, 0.717) is 6.42 Å². The molecule has 0 aromatic heterocycles. The van der Waals surface area contributed by atoms with Crippen LogP contribution in [-0.2, 0) is 20.7 Å². The fourth-order valence-electron chi connectivity index (χ4n) is 1.73. The van der Waals surface area contributed by atoms with Crippen LogP contribution in [0.4, 0.5) is 0 Å². The zero-order valence-corrected chi connectivity index (χ0v) is 12.1. The highest BCUT2D eigenvalue weighted by Gasteiger charge is 2.25. The molecule has 20 heavy (non-hydrogen) atoms. The van der Waals surface area contributed by atoms with Crippen LogP contribution in [0.3, 0.4) is 0 Å². The number of rotatable bonds is 6. The van der Waals surface area contributed by atoms with Gasteiger partial charge >= 0.3 is 5.97 Å². The van der Waals surface area contributed by atoms with Crippen LogP contribution in [0.5, 0.6) is 0 Å². The summed E-state index contributed by atoms with van der Waals surface area (Å²) in [6.07, 6.45) is 0.394. The molecule has 0 aliphatic heterocycles. The molecule has 0 heterocycles. The lowest BCUT2D eigenvalue weighted by atomic mass is 10.0. The monoisotopic (exact) mass is 278 g/mol. The van der Waals surface area contributed by atoms with Crippen LogP contribution in [0, 0.1) is 5.92 Å². The third-order valence-electron chi connectivity index (χ3n) is 3.29. The Kier molecular flexibility index (Phi) is 6.18. The molecule has 3 N–H and O–H groups in total. The molecule has 1 amide bonds. The van der Waals surface area contributed by atoms with Gasteiger partial charge in [-0.05, 0) is 12.5 Å². The van der Waals surface area contributed by atoms with E-state index >= 15 is 0 Å². The number of amides is 1. The molecule has 1 aromatic carbocycles. The number of esters is 1. The van der Waals surface area contributed by atoms with Gasteiger partial charge in [0.15, 0.2) is 0 Å². The van der Waals surface area contributed by atoms with Crippen molar-refractivity contribution < 1.29 is 14.3 Å². The summed E-state index contributed by atoms with van der Waals surface area (Å²) in [7, 11) is 1.31. The molecule has 0 fully saturated rings. The van der Waals surface area contributed by atoms with Gasteiger partial charge in [-0.1, -0.05) is 37.3 Å². The Morgan fingerprint density at radius 1 is 1.25 bits per heavy atom. The van der Waals surface area contributed by atoms with E-state index in [2.05, 4.69) is 5.32 Å². The van der Waals surface area contributed by atoms with Crippen molar-refractivity contribution in [2.24, 2.45) is 11.7 Å². The van der Waals surface area contributed by atoms with E-state index in [0.717, 1.165) is 5.56 Å². The second-order valence-electron chi connectivity index (χ2n) is 4.92. The Hall–Kier alpha value is -1.88. The third-order valence-corrected chi connectivity index (χ3v) is 3.29. The summed E-state index contributed by atoms with van der Waals surface area (Å²) in [4.78, 5) is 23.8. The van der Waals surface area contributed by atoms with E-state index in [-0.39, 0.29) is 17.9 Å². The lowest BCUT2D eigenvalue weighted by Gasteiger charge is -2.21. The smallest absolute Gasteiger partial charge is 0.328 e. The van der Waals surface area contributed by atoms with E-state index in [1.807, 2.05) is 30.3 Å². The molecule has 3 atom stereocenters. The summed E-state index contributed by atoms with van der Waals surface area (Å²) in [5.41, 5.74) is 6.65. The highest BCUT2D eigenvalue weighted by molar-refractivity contribution is 5.86. The number of nitrogens with two attached hydrogens (primary N) is 1. The minimum atomic E-state index is -0.698. The van der Waals surface area contributed by atoms with Gasteiger partial charge in [-0.3, -0.25) is 4.79 Å². The van der Waals surface area contributed by atoms with E-state index in [1.165, 1.54) is 7.11 Å². The maximum absolute atomic E-state index is 12.0. The number of hydrogen-bond donors (Lipinski definition) is 2. The van der Waals surface area contributed by atoms with Gasteiger partial charge < -0.3 is 15.8 Å². The van der Waals surface area contributed by atoms with E-state index in [4.69, 9.17) is 10.5 Å². The maximum Gasteiger partial charge on any atom is 0.328 e. The van der Waals surface area contributed by atoms with Gasteiger partial charge in [0.05, 0.1) is 7.11 Å². The molecule has 0 spiro atoms. The zero-order chi connectivity index (χ0) is 15.1. The molecule has 0 saturated heterocycles. The highest BCUT2D eigenvalue weighted by Crippen LogP contribution is 2.07. The Labute approximate surface area is 119 Å². The SMILES string of the molecule is COC(=O)C(Cc1ccccc1)NC(=O)C(C)C(C)N. The van der Waals surface area contributed by atoms with Gasteiger partial charge in [0.25, 0.3) is 0 Å². The molecule has 1 rings (SSSR count). The summed E-state index contributed by atoms with van der Waals surface area (Å²) in [5.74, 6) is -1.07. The second kappa shape index (κ2) is 7.65. The third kappa shape index (κ3) is 4.66. The van der Waals surface area contributed by atoms with Gasteiger partial charge in [0.1, 0.15) is 6.04 Å². The number of carbonyl (C=O) groups excluding carboxylic acids is 2. The molecule has 110 valence electrons. The minimum absolute atomic E-state index is 0.244. The minimum Gasteiger partial charge on any atom is -0.467 e. The lowest BCUT2D eigenvalue weighted by molar-refractivity contribution is -0.145. The number of methoxy groups -OCH3 is 1. The van der Waals surface area contributed by atoms with Crippen LogP contribution in [0.15, 0.2) is 30.3 Å². The first-order valence-electron chi connectivity index (χ1n) is 6.63. The van der Waals surface area contributed by atoms with Crippen molar-refractivity contribution in [1.29, 1.82) is 0 Å². The summed E-state index contributed by atoms with van der Waals surface area (Å²) in [6, 6.07) is 8.49. The highest BCUT2D eigenvalue weighted by atomic mass is 16.5. The van der Waals surface area contributed by atoms with E-state index < -0.39 is 12.0 Å². The van der Waals surface area contributed by atoms with Crippen molar-refractivity contribution in [2.75, 3.05) is 7.11 Å². The molecule has 0 aliphatic rings. The maximum atomic E-state index is 12.0. The molecule has 5 nitrogen and oxygen atoms in total. The van der Waals surface area contributed by atoms with Crippen LogP contribution >= 0.6 is 0 Å². The molecule has 0 saturated carbocycles. The van der Waals surface area contributed by atoms with Crippen molar-refractivity contribution >= 4 is 11.9 Å². The summed E-state index contributed by atoms with van der Waals surface area (Å²) >= 11 is 0. The fourth-order valence-corrected chi connectivity index (χ4v) is 1.73. The first-order valence-corrected chi connectivity index (χ1v) is 6.63. The van der Waals surface area contributed by atoms with Crippen molar-refractivity contribution in [3.63, 3.8) is 0 Å². The first-order chi connectivity index (χ1) is 9.45. The largest absolute Gasteiger partial charge is 0.467 e. The lowest BCUT2D eigenvalue weighted by Crippen LogP contribution is -2.48. The number of nitrogens with one attached hydrogen (secondary N) is 1. The van der Waals surface area contributed by atoms with Gasteiger partial charge in [-0.2, -0.15) is 0 Å². The predicted molar refractivity (Wildman–Crippen MR) is 76.9 cm³/mol. The number of hydrogen-bond acceptors (Lipinski definition) is 4. The van der Waals surface area contributed by atoms with Gasteiger partial charge in [-0.15, -0.1) is 0 Å². The van der Waals surface area contributed by atoms with E-state index in [1.54, 1.807) is 13.8 Å². The summed E-state index contributed by atoms with van der Waals surface area (Å²) in [5, 5.41) is 2.70. The molecule has 1 aromatic rings. The zero-order valence-electron chi connectivity index (χ0n) is 12.1. The quantitative estimate of drug-likeness (QED) is 0.757. The molecular formula is C15H22N2O3. The number of ether oxygens (including phenoxy) is 1. The Morgan fingerprint density at radius 3 is 2.35 bits per heavy atom. The van der Waals surface area contributed by atoms with Crippen LogP contribution in [-0.4, -0.2) is 31.1 Å². The Bertz CT molecular complexity index is 446. The number of carbonyl (C=O) groups is 2. The van der Waals surface area contributed by atoms with Crippen molar-refractivity contribution in [3.05, 3.63) is 35.9 Å². The topological polar surface area (TPSA) is 81.4 Å². The van der Waals surface area contributed by atoms with Crippen LogP contribution in [0.2, 0.25) is 0 Å². The standard InChI is InChI=1S/C15H22N2O3/c1-10(11(2)16)14(18)17-13(15(19)20-3)9-12-7-5-4-6-8-12/h4-8,10-11,13H,9,16H2,1-3H3,(H,17,18). The van der Waals surface area contributed by atoms with E-state index in [9.17, 15) is 9.59 Å². The molecule has 0 aliphatic carbocycles. The average molecular weight is 278 g/mol. The van der Waals surface area contributed by atoms with Crippen molar-refractivity contribution in [1.82, 2.24) is 5.32 Å². The average Bonchev–Trinajstić information content (AvgIpc) is 2.45. The first kappa shape index (κ1) is 16.2. The summed E-state index contributed by atoms with van der Waals surface area (Å²) in [6.45, 7) is 3.49. The predicted octanol–water partition coefficient (Wildman–Crippen LogP) is 0.870. The molecule has 5 heteroatoms. The molecule has 3 unspecified atom stereocenters. The van der Waals surface area contributed by atoms with Gasteiger partial charge in [0.2, 0.25) is 5.91 Å². The Morgan fingerprint density at radius 2 is 1.85 bits per heavy atom. The van der Waals surface area contributed by atoms with Crippen LogP contribution in [0.1, 0.15) is 19.4 Å². The normalized spacial score (nSPS) is 15.0. The number of benzene rings is 1. The van der Waals surface area contributed by atoms with Crippen molar-refractivity contribution in [3.8, 4) is 0 Å². The molecule has 0 radical (unpaired) electrons. The van der Waals surface area contributed by atoms with Crippen LogP contribution < -0.4 is 11.1 Å². The summed E-state index contributed by atoms with van der Waals surface area (Å²) < 4.78 is 4.74. The van der Waals surface area contributed by atoms with Gasteiger partial charge in [0, 0.05) is 18.4 Å². The second-order valence-corrected chi connectivity index (χ2v) is 4.92. The fraction of sp³-hybridized carbons (Fsp3) is 0.467. The van der Waals surface area contributed by atoms with Crippen LogP contribution in [0.25, 0.3) is 0 Å². The molecule has 0 bridgehead atoms. The molecular weight excluding hydrogens is 256 g/mol.